The number of methoxy groups -OCH3 is 1. The molecule has 2 atom stereocenters. The van der Waals surface area contributed by atoms with E-state index >= 15 is 0 Å². The van der Waals surface area contributed by atoms with Crippen molar-refractivity contribution in [3.05, 3.63) is 32.1 Å². The lowest BCUT2D eigenvalue weighted by Gasteiger charge is -2.37. The Labute approximate surface area is 212 Å². The van der Waals surface area contributed by atoms with Crippen LogP contribution in [-0.2, 0) is 11.3 Å². The van der Waals surface area contributed by atoms with Crippen molar-refractivity contribution >= 4 is 55.9 Å². The number of nitrogens with one attached hydrogen (secondary N) is 2. The number of anilines is 1. The Kier molecular flexibility index (Phi) is 7.26. The number of nitrogens with zero attached hydrogens (tertiary/aromatic N) is 5. The lowest BCUT2D eigenvalue weighted by atomic mass is 10.0. The molecule has 1 aliphatic rings. The van der Waals surface area contributed by atoms with Gasteiger partial charge >= 0.3 is 5.97 Å². The van der Waals surface area contributed by atoms with E-state index in [4.69, 9.17) is 16.3 Å². The van der Waals surface area contributed by atoms with Crippen LogP contribution in [-0.4, -0.2) is 74.1 Å². The fourth-order valence-electron chi connectivity index (χ4n) is 3.88. The van der Waals surface area contributed by atoms with Crippen LogP contribution in [0.5, 0.6) is 0 Å². The highest BCUT2D eigenvalue weighted by atomic mass is 79.9. The molecular weight excluding hydrogens is 550 g/mol. The average Bonchev–Trinajstić information content (AvgIpc) is 3.53. The normalized spacial score (nSPS) is 18.3. The molecule has 0 spiro atoms. The van der Waals surface area contributed by atoms with E-state index in [9.17, 15) is 14.7 Å². The zero-order valence-corrected chi connectivity index (χ0v) is 21.8. The largest absolute Gasteiger partial charge is 0.477 e. The summed E-state index contributed by atoms with van der Waals surface area (Å²) in [6.07, 6.45) is 1.64. The molecule has 1 amide bonds. The van der Waals surface area contributed by atoms with Crippen molar-refractivity contribution in [2.75, 3.05) is 25.1 Å². The van der Waals surface area contributed by atoms with Crippen molar-refractivity contribution in [2.24, 2.45) is 0 Å². The molecule has 3 aromatic rings. The van der Waals surface area contributed by atoms with Gasteiger partial charge in [-0.25, -0.2) is 19.4 Å². The molecule has 0 saturated carbocycles. The minimum atomic E-state index is -1.07. The van der Waals surface area contributed by atoms with Gasteiger partial charge in [0.1, 0.15) is 22.6 Å². The maximum absolute atomic E-state index is 12.8. The van der Waals surface area contributed by atoms with Crippen LogP contribution in [0.15, 0.2) is 10.8 Å². The Balaban J connectivity index is 1.53. The number of ether oxygens (including phenoxy) is 1. The fourth-order valence-corrected chi connectivity index (χ4v) is 5.54. The topological polar surface area (TPSA) is 138 Å². The zero-order chi connectivity index (χ0) is 24.6. The summed E-state index contributed by atoms with van der Waals surface area (Å²) in [4.78, 5) is 38.6. The predicted octanol–water partition coefficient (Wildman–Crippen LogP) is 3.20. The number of aryl methyl sites for hydroxylation is 2. The Bertz CT molecular complexity index is 1230. The molecule has 34 heavy (non-hydrogen) atoms. The zero-order valence-electron chi connectivity index (χ0n) is 18.6. The number of aromatic carboxylic acids is 1. The smallest absolute Gasteiger partial charge is 0.348 e. The van der Waals surface area contributed by atoms with Gasteiger partial charge in [0.15, 0.2) is 11.0 Å². The minimum absolute atomic E-state index is 0.103. The molecule has 11 nitrogen and oxygen atoms in total. The fraction of sp³-hybridized carbons (Fsp3) is 0.450. The van der Waals surface area contributed by atoms with Crippen molar-refractivity contribution < 1.29 is 19.4 Å². The second-order valence-electron chi connectivity index (χ2n) is 7.72. The van der Waals surface area contributed by atoms with Crippen LogP contribution in [0.4, 0.5) is 5.13 Å². The van der Waals surface area contributed by atoms with Gasteiger partial charge in [-0.2, -0.15) is 5.10 Å². The predicted molar refractivity (Wildman–Crippen MR) is 131 cm³/mol. The number of carboxylic acids is 1. The van der Waals surface area contributed by atoms with Gasteiger partial charge in [-0.3, -0.25) is 4.79 Å². The molecule has 0 aromatic carbocycles. The Morgan fingerprint density at radius 2 is 2.24 bits per heavy atom. The molecule has 4 rings (SSSR count). The van der Waals surface area contributed by atoms with Crippen molar-refractivity contribution in [2.45, 2.75) is 39.0 Å². The number of aromatic amines is 1. The van der Waals surface area contributed by atoms with Crippen LogP contribution in [0, 0.1) is 6.92 Å². The third kappa shape index (κ3) is 4.57. The summed E-state index contributed by atoms with van der Waals surface area (Å²) in [7, 11) is 1.58. The number of carboxylic acid groups (broad SMARTS) is 1. The molecule has 182 valence electrons. The molecule has 0 bridgehead atoms. The first-order valence-electron chi connectivity index (χ1n) is 10.5. The third-order valence-corrected chi connectivity index (χ3v) is 8.26. The van der Waals surface area contributed by atoms with Gasteiger partial charge in [0.05, 0.1) is 21.6 Å². The van der Waals surface area contributed by atoms with Crippen molar-refractivity contribution in [3.63, 3.8) is 0 Å². The highest BCUT2D eigenvalue weighted by molar-refractivity contribution is 9.10. The van der Waals surface area contributed by atoms with Crippen LogP contribution < -0.4 is 10.2 Å². The molecular formula is C20H23BrClN7O4S. The molecule has 14 heteroatoms. The Hall–Kier alpha value is -2.48. The summed E-state index contributed by atoms with van der Waals surface area (Å²) in [5.41, 5.74) is 1.35. The summed E-state index contributed by atoms with van der Waals surface area (Å²) >= 11 is 10.6. The lowest BCUT2D eigenvalue weighted by Crippen LogP contribution is -2.55. The highest BCUT2D eigenvalue weighted by Gasteiger charge is 2.34. The van der Waals surface area contributed by atoms with Gasteiger partial charge < -0.3 is 25.0 Å². The number of thiazole rings is 1. The Morgan fingerprint density at radius 1 is 1.47 bits per heavy atom. The van der Waals surface area contributed by atoms with Gasteiger partial charge in [0.2, 0.25) is 0 Å². The van der Waals surface area contributed by atoms with E-state index < -0.39 is 5.97 Å². The number of H-pyrrole nitrogens is 1. The van der Waals surface area contributed by atoms with E-state index in [-0.39, 0.29) is 22.9 Å². The minimum Gasteiger partial charge on any atom is -0.477 e. The van der Waals surface area contributed by atoms with Crippen molar-refractivity contribution in [3.8, 4) is 11.5 Å². The quantitative estimate of drug-likeness (QED) is 0.392. The molecule has 1 fully saturated rings. The van der Waals surface area contributed by atoms with Gasteiger partial charge in [-0.05, 0) is 36.2 Å². The molecule has 3 N–H and O–H groups in total. The molecule has 4 heterocycles. The lowest BCUT2D eigenvalue weighted by molar-refractivity contribution is 0.0540. The van der Waals surface area contributed by atoms with Gasteiger partial charge in [-0.15, -0.1) is 0 Å². The number of piperidine rings is 1. The number of carbonyl (C=O) groups excluding carboxylic acids is 1. The van der Waals surface area contributed by atoms with Crippen molar-refractivity contribution in [1.29, 1.82) is 0 Å². The van der Waals surface area contributed by atoms with E-state index in [1.54, 1.807) is 18.7 Å². The summed E-state index contributed by atoms with van der Waals surface area (Å²) in [5, 5.41) is 17.9. The van der Waals surface area contributed by atoms with Gasteiger partial charge in [-0.1, -0.05) is 22.9 Å². The van der Waals surface area contributed by atoms with E-state index in [2.05, 4.69) is 41.3 Å². The molecule has 1 saturated heterocycles. The molecule has 3 aromatic heterocycles. The molecule has 1 aliphatic heterocycles. The Morgan fingerprint density at radius 3 is 2.85 bits per heavy atom. The number of hydrogen-bond acceptors (Lipinski definition) is 8. The number of amides is 1. The number of carbonyl (C=O) groups is 2. The monoisotopic (exact) mass is 571 g/mol. The van der Waals surface area contributed by atoms with Crippen LogP contribution in [0.1, 0.15) is 39.2 Å². The maximum Gasteiger partial charge on any atom is 0.348 e. The first-order chi connectivity index (χ1) is 16.2. The third-order valence-electron chi connectivity index (χ3n) is 5.67. The standard InChI is InChI=1S/C20H23BrClN7O4S/c1-4-29-17(23-8-24-29)15-16(19(31)32)34-20(27-15)28-6-5-10(11(7-28)33-3)26-18(30)14-12(21)13(22)9(2)25-14/h8,10-11,25H,4-7H2,1-3H3,(H,26,30)(H,31,32)/t10-,11+/m1/s1. The first kappa shape index (κ1) is 24.6. The average molecular weight is 573 g/mol. The summed E-state index contributed by atoms with van der Waals surface area (Å²) in [5.74, 6) is -0.940. The van der Waals surface area contributed by atoms with Crippen LogP contribution >= 0.6 is 38.9 Å². The molecule has 0 unspecified atom stereocenters. The van der Waals surface area contributed by atoms with Crippen LogP contribution in [0.25, 0.3) is 11.5 Å². The van der Waals surface area contributed by atoms with Crippen LogP contribution in [0.3, 0.4) is 0 Å². The molecule has 0 radical (unpaired) electrons. The summed E-state index contributed by atoms with van der Waals surface area (Å²) in [6.45, 7) is 5.22. The van der Waals surface area contributed by atoms with Crippen molar-refractivity contribution in [1.82, 2.24) is 30.0 Å². The van der Waals surface area contributed by atoms with Gasteiger partial charge in [0.25, 0.3) is 5.91 Å². The maximum atomic E-state index is 12.8. The number of halogens is 2. The number of aromatic nitrogens is 5. The van der Waals surface area contributed by atoms with E-state index in [1.165, 1.54) is 6.33 Å². The van der Waals surface area contributed by atoms with E-state index in [0.29, 0.717) is 63.6 Å². The second kappa shape index (κ2) is 10.0. The molecule has 0 aliphatic carbocycles. The van der Waals surface area contributed by atoms with E-state index in [1.807, 2.05) is 11.8 Å². The second-order valence-corrected chi connectivity index (χ2v) is 9.87. The highest BCUT2D eigenvalue weighted by Crippen LogP contribution is 2.34. The number of hydrogen-bond donors (Lipinski definition) is 3. The van der Waals surface area contributed by atoms with Gasteiger partial charge in [0, 0.05) is 32.4 Å². The first-order valence-corrected chi connectivity index (χ1v) is 12.5. The summed E-state index contributed by atoms with van der Waals surface area (Å²) in [6, 6.07) is -0.246. The number of rotatable bonds is 7. The summed E-state index contributed by atoms with van der Waals surface area (Å²) < 4.78 is 7.80. The van der Waals surface area contributed by atoms with E-state index in [0.717, 1.165) is 11.3 Å². The SMILES string of the molecule is CCn1ncnc1-c1nc(N2CC[C@@H](NC(=O)c3[nH]c(C)c(Cl)c3Br)[C@@H](OC)C2)sc1C(=O)O. The van der Waals surface area contributed by atoms with Crippen LogP contribution in [0.2, 0.25) is 5.02 Å².